The number of hydrogen-bond acceptors (Lipinski definition) is 6. The lowest BCUT2D eigenvalue weighted by Gasteiger charge is -2.12. The summed E-state index contributed by atoms with van der Waals surface area (Å²) in [6, 6.07) is 8.93. The molecule has 0 unspecified atom stereocenters. The van der Waals surface area contributed by atoms with E-state index in [2.05, 4.69) is 10.5 Å². The van der Waals surface area contributed by atoms with Gasteiger partial charge in [-0.15, -0.1) is 11.8 Å². The lowest BCUT2D eigenvalue weighted by molar-refractivity contribution is -0.152. The summed E-state index contributed by atoms with van der Waals surface area (Å²) in [6.07, 6.45) is -0.705. The van der Waals surface area contributed by atoms with Crippen molar-refractivity contribution in [3.05, 3.63) is 41.1 Å². The number of amides is 1. The molecule has 1 atom stereocenters. The SMILES string of the molecule is Cc1cc(NC(=O)[C@H](C)OC(=O)CCSc2ccc(Cl)cc2)no1. The number of benzene rings is 1. The van der Waals surface area contributed by atoms with Crippen molar-refractivity contribution < 1.29 is 18.8 Å². The molecule has 0 radical (unpaired) electrons. The van der Waals surface area contributed by atoms with E-state index in [0.717, 1.165) is 4.90 Å². The lowest BCUT2D eigenvalue weighted by atomic mass is 10.3. The van der Waals surface area contributed by atoms with Gasteiger partial charge in [0, 0.05) is 21.7 Å². The quantitative estimate of drug-likeness (QED) is 0.593. The lowest BCUT2D eigenvalue weighted by Crippen LogP contribution is -2.30. The molecule has 0 aliphatic heterocycles. The third-order valence-corrected chi connectivity index (χ3v) is 4.21. The van der Waals surface area contributed by atoms with Crippen molar-refractivity contribution in [3.8, 4) is 0 Å². The maximum atomic E-state index is 11.9. The fourth-order valence-electron chi connectivity index (χ4n) is 1.75. The normalized spacial score (nSPS) is 11.8. The number of anilines is 1. The zero-order chi connectivity index (χ0) is 17.5. The van der Waals surface area contributed by atoms with Gasteiger partial charge in [0.25, 0.3) is 5.91 Å². The third kappa shape index (κ3) is 5.90. The zero-order valence-corrected chi connectivity index (χ0v) is 14.8. The fourth-order valence-corrected chi connectivity index (χ4v) is 2.70. The molecule has 0 aliphatic rings. The summed E-state index contributed by atoms with van der Waals surface area (Å²) in [5, 5.41) is 6.83. The van der Waals surface area contributed by atoms with Crippen molar-refractivity contribution in [2.24, 2.45) is 0 Å². The molecule has 8 heteroatoms. The number of halogens is 1. The fraction of sp³-hybridized carbons (Fsp3) is 0.312. The molecule has 1 N–H and O–H groups in total. The topological polar surface area (TPSA) is 81.4 Å². The van der Waals surface area contributed by atoms with Crippen LogP contribution in [0.25, 0.3) is 0 Å². The number of thioether (sulfide) groups is 1. The Kier molecular flexibility index (Phi) is 6.69. The van der Waals surface area contributed by atoms with Crippen LogP contribution in [-0.4, -0.2) is 28.9 Å². The highest BCUT2D eigenvalue weighted by molar-refractivity contribution is 7.99. The van der Waals surface area contributed by atoms with Crippen molar-refractivity contribution in [3.63, 3.8) is 0 Å². The largest absolute Gasteiger partial charge is 0.453 e. The van der Waals surface area contributed by atoms with Gasteiger partial charge in [-0.05, 0) is 38.1 Å². The summed E-state index contributed by atoms with van der Waals surface area (Å²) in [7, 11) is 0. The Morgan fingerprint density at radius 3 is 2.71 bits per heavy atom. The van der Waals surface area contributed by atoms with Crippen molar-refractivity contribution in [2.75, 3.05) is 11.1 Å². The molecule has 1 amide bonds. The molecule has 0 saturated carbocycles. The third-order valence-electron chi connectivity index (χ3n) is 2.95. The Morgan fingerprint density at radius 1 is 1.38 bits per heavy atom. The van der Waals surface area contributed by atoms with Crippen LogP contribution in [0, 0.1) is 6.92 Å². The summed E-state index contributed by atoms with van der Waals surface area (Å²) in [6.45, 7) is 3.22. The Morgan fingerprint density at radius 2 is 2.08 bits per heavy atom. The molecule has 1 heterocycles. The summed E-state index contributed by atoms with van der Waals surface area (Å²) in [4.78, 5) is 24.7. The molecule has 128 valence electrons. The number of esters is 1. The molecule has 0 saturated heterocycles. The minimum atomic E-state index is -0.907. The Labute approximate surface area is 148 Å². The van der Waals surface area contributed by atoms with Crippen LogP contribution in [0.4, 0.5) is 5.82 Å². The maximum Gasteiger partial charge on any atom is 0.307 e. The molecule has 2 rings (SSSR count). The number of ether oxygens (including phenoxy) is 1. The highest BCUT2D eigenvalue weighted by Gasteiger charge is 2.18. The maximum absolute atomic E-state index is 11.9. The molecule has 0 bridgehead atoms. The van der Waals surface area contributed by atoms with Gasteiger partial charge in [0.2, 0.25) is 0 Å². The number of hydrogen-bond donors (Lipinski definition) is 1. The molecular formula is C16H17ClN2O4S. The van der Waals surface area contributed by atoms with Gasteiger partial charge in [0.15, 0.2) is 11.9 Å². The van der Waals surface area contributed by atoms with Crippen molar-refractivity contribution in [2.45, 2.75) is 31.3 Å². The standard InChI is InChI=1S/C16H17ClN2O4S/c1-10-9-14(19-23-10)18-16(21)11(2)22-15(20)7-8-24-13-5-3-12(17)4-6-13/h3-6,9,11H,7-8H2,1-2H3,(H,18,19,21)/t11-/m0/s1. The van der Waals surface area contributed by atoms with Gasteiger partial charge in [-0.2, -0.15) is 0 Å². The van der Waals surface area contributed by atoms with Crippen LogP contribution in [0.2, 0.25) is 5.02 Å². The predicted molar refractivity (Wildman–Crippen MR) is 92.2 cm³/mol. The van der Waals surface area contributed by atoms with Crippen LogP contribution in [0.3, 0.4) is 0 Å². The monoisotopic (exact) mass is 368 g/mol. The molecule has 0 aliphatic carbocycles. The number of aromatic nitrogens is 1. The number of aryl methyl sites for hydroxylation is 1. The second-order valence-corrected chi connectivity index (χ2v) is 6.60. The summed E-state index contributed by atoms with van der Waals surface area (Å²) < 4.78 is 9.95. The average Bonchev–Trinajstić information content (AvgIpc) is 2.94. The van der Waals surface area contributed by atoms with Gasteiger partial charge in [-0.3, -0.25) is 9.59 Å². The number of carbonyl (C=O) groups is 2. The van der Waals surface area contributed by atoms with Crippen LogP contribution in [-0.2, 0) is 14.3 Å². The number of nitrogens with one attached hydrogen (secondary N) is 1. The van der Waals surface area contributed by atoms with E-state index in [4.69, 9.17) is 20.9 Å². The molecule has 1 aromatic heterocycles. The van der Waals surface area contributed by atoms with Gasteiger partial charge >= 0.3 is 5.97 Å². The first-order chi connectivity index (χ1) is 11.4. The van der Waals surface area contributed by atoms with E-state index in [0.29, 0.717) is 22.4 Å². The van der Waals surface area contributed by atoms with E-state index < -0.39 is 18.0 Å². The number of nitrogens with zero attached hydrogens (tertiary/aromatic N) is 1. The highest BCUT2D eigenvalue weighted by atomic mass is 35.5. The van der Waals surface area contributed by atoms with Gasteiger partial charge in [-0.25, -0.2) is 0 Å². The van der Waals surface area contributed by atoms with E-state index in [-0.39, 0.29) is 6.42 Å². The minimum Gasteiger partial charge on any atom is -0.453 e. The van der Waals surface area contributed by atoms with Crippen molar-refractivity contribution in [1.29, 1.82) is 0 Å². The Hall–Kier alpha value is -1.99. The molecular weight excluding hydrogens is 352 g/mol. The van der Waals surface area contributed by atoms with Crippen molar-refractivity contribution >= 4 is 41.1 Å². The molecule has 24 heavy (non-hydrogen) atoms. The first kappa shape index (κ1) is 18.4. The van der Waals surface area contributed by atoms with E-state index in [9.17, 15) is 9.59 Å². The van der Waals surface area contributed by atoms with E-state index >= 15 is 0 Å². The second kappa shape index (κ2) is 8.75. The van der Waals surface area contributed by atoms with E-state index in [1.807, 2.05) is 12.1 Å². The van der Waals surface area contributed by atoms with Crippen LogP contribution in [0.5, 0.6) is 0 Å². The highest BCUT2D eigenvalue weighted by Crippen LogP contribution is 2.21. The molecule has 2 aromatic rings. The zero-order valence-electron chi connectivity index (χ0n) is 13.2. The van der Waals surface area contributed by atoms with Gasteiger partial charge < -0.3 is 14.6 Å². The van der Waals surface area contributed by atoms with Gasteiger partial charge in [-0.1, -0.05) is 16.8 Å². The van der Waals surface area contributed by atoms with E-state index in [1.165, 1.54) is 18.7 Å². The first-order valence-corrected chi connectivity index (χ1v) is 8.62. The molecule has 6 nitrogen and oxygen atoms in total. The minimum absolute atomic E-state index is 0.202. The Bertz CT molecular complexity index is 702. The number of rotatable bonds is 7. The van der Waals surface area contributed by atoms with Crippen LogP contribution in [0.1, 0.15) is 19.1 Å². The van der Waals surface area contributed by atoms with Crippen LogP contribution >= 0.6 is 23.4 Å². The summed E-state index contributed by atoms with van der Waals surface area (Å²) >= 11 is 7.33. The smallest absolute Gasteiger partial charge is 0.307 e. The second-order valence-electron chi connectivity index (χ2n) is 5.00. The average molecular weight is 369 g/mol. The van der Waals surface area contributed by atoms with Crippen LogP contribution in [0.15, 0.2) is 39.8 Å². The summed E-state index contributed by atoms with van der Waals surface area (Å²) in [5.74, 6) is 0.530. The first-order valence-electron chi connectivity index (χ1n) is 7.26. The van der Waals surface area contributed by atoms with Crippen molar-refractivity contribution in [1.82, 2.24) is 5.16 Å². The summed E-state index contributed by atoms with van der Waals surface area (Å²) in [5.41, 5.74) is 0. The molecule has 1 aromatic carbocycles. The molecule has 0 fully saturated rings. The van der Waals surface area contributed by atoms with Crippen LogP contribution < -0.4 is 5.32 Å². The van der Waals surface area contributed by atoms with E-state index in [1.54, 1.807) is 25.1 Å². The van der Waals surface area contributed by atoms with Gasteiger partial charge in [0.05, 0.1) is 6.42 Å². The predicted octanol–water partition coefficient (Wildman–Crippen LogP) is 3.69. The Balaban J connectivity index is 1.70. The van der Waals surface area contributed by atoms with Gasteiger partial charge in [0.1, 0.15) is 5.76 Å². The number of carbonyl (C=O) groups excluding carboxylic acids is 2. The molecule has 0 spiro atoms.